The normalized spacial score (nSPS) is 14.7. The predicted molar refractivity (Wildman–Crippen MR) is 137 cm³/mol. The van der Waals surface area contributed by atoms with Crippen LogP contribution in [0.15, 0.2) is 77.4 Å². The van der Waals surface area contributed by atoms with E-state index in [0.29, 0.717) is 12.5 Å². The van der Waals surface area contributed by atoms with Crippen LogP contribution in [0.25, 0.3) is 16.8 Å². The van der Waals surface area contributed by atoms with E-state index < -0.39 is 5.97 Å². The summed E-state index contributed by atoms with van der Waals surface area (Å²) in [7, 11) is 0. The van der Waals surface area contributed by atoms with Gasteiger partial charge in [0, 0.05) is 5.56 Å². The summed E-state index contributed by atoms with van der Waals surface area (Å²) in [5.41, 5.74) is 2.87. The van der Waals surface area contributed by atoms with Gasteiger partial charge < -0.3 is 9.47 Å². The molecular weight excluding hydrogens is 604 g/mol. The zero-order chi connectivity index (χ0) is 21.3. The van der Waals surface area contributed by atoms with Gasteiger partial charge in [0.2, 0.25) is 5.90 Å². The lowest BCUT2D eigenvalue weighted by molar-refractivity contribution is -0.129. The number of fused-ring (bicyclic) bond motifs is 1. The summed E-state index contributed by atoms with van der Waals surface area (Å²) < 4.78 is 13.2. The maximum Gasteiger partial charge on any atom is 0.363 e. The van der Waals surface area contributed by atoms with Crippen LogP contribution in [0, 0.1) is 7.14 Å². The average Bonchev–Trinajstić information content (AvgIpc) is 3.07. The fourth-order valence-electron chi connectivity index (χ4n) is 3.01. The average molecular weight is 621 g/mol. The number of carbonyl (C=O) groups is 1. The van der Waals surface area contributed by atoms with E-state index in [0.717, 1.165) is 40.4 Å². The lowest BCUT2D eigenvalue weighted by atomic mass is 10.1. The molecule has 0 saturated heterocycles. The lowest BCUT2D eigenvalue weighted by Crippen LogP contribution is -2.05. The molecular formula is C24H17I2NO3. The molecule has 0 unspecified atom stereocenters. The summed E-state index contributed by atoms with van der Waals surface area (Å²) in [6, 6.07) is 17.8. The molecule has 3 aromatic rings. The van der Waals surface area contributed by atoms with Crippen LogP contribution in [0.2, 0.25) is 0 Å². The van der Waals surface area contributed by atoms with Gasteiger partial charge in [-0.2, -0.15) is 0 Å². The highest BCUT2D eigenvalue weighted by Crippen LogP contribution is 2.31. The van der Waals surface area contributed by atoms with E-state index in [9.17, 15) is 4.79 Å². The molecule has 0 radical (unpaired) electrons. The molecule has 1 heterocycles. The molecule has 0 bridgehead atoms. The number of esters is 1. The Bertz CT molecular complexity index is 1220. The van der Waals surface area contributed by atoms with Gasteiger partial charge >= 0.3 is 5.97 Å². The van der Waals surface area contributed by atoms with Crippen molar-refractivity contribution in [2.75, 3.05) is 6.61 Å². The van der Waals surface area contributed by atoms with Crippen LogP contribution in [0.1, 0.15) is 18.1 Å². The Morgan fingerprint density at radius 1 is 1.10 bits per heavy atom. The van der Waals surface area contributed by atoms with Crippen molar-refractivity contribution in [2.45, 2.75) is 6.92 Å². The summed E-state index contributed by atoms with van der Waals surface area (Å²) in [4.78, 5) is 16.8. The van der Waals surface area contributed by atoms with Gasteiger partial charge in [0.1, 0.15) is 12.4 Å². The zero-order valence-corrected chi connectivity index (χ0v) is 20.4. The van der Waals surface area contributed by atoms with Gasteiger partial charge in [-0.1, -0.05) is 36.9 Å². The Hall–Kier alpha value is -2.20. The van der Waals surface area contributed by atoms with Crippen LogP contribution in [0.5, 0.6) is 5.75 Å². The summed E-state index contributed by atoms with van der Waals surface area (Å²) >= 11 is 4.46. The van der Waals surface area contributed by atoms with E-state index in [1.54, 1.807) is 6.08 Å². The summed E-state index contributed by atoms with van der Waals surface area (Å²) in [5.74, 6) is 0.685. The third kappa shape index (κ3) is 4.59. The Labute approximate surface area is 202 Å². The van der Waals surface area contributed by atoms with Crippen molar-refractivity contribution >= 4 is 73.9 Å². The van der Waals surface area contributed by atoms with Gasteiger partial charge in [0.15, 0.2) is 5.70 Å². The smallest absolute Gasteiger partial charge is 0.363 e. The summed E-state index contributed by atoms with van der Waals surface area (Å²) in [5, 5.41) is 2.20. The topological polar surface area (TPSA) is 47.9 Å². The second-order valence-electron chi connectivity index (χ2n) is 6.96. The summed E-state index contributed by atoms with van der Waals surface area (Å²) in [6.07, 6.45) is 1.74. The number of nitrogens with zero attached hydrogens (tertiary/aromatic N) is 1. The van der Waals surface area contributed by atoms with Crippen molar-refractivity contribution < 1.29 is 14.3 Å². The number of halogens is 2. The van der Waals surface area contributed by atoms with E-state index in [-0.39, 0.29) is 5.70 Å². The lowest BCUT2D eigenvalue weighted by Gasteiger charge is -2.11. The van der Waals surface area contributed by atoms with Crippen molar-refractivity contribution in [3.05, 3.63) is 90.7 Å². The first-order valence-corrected chi connectivity index (χ1v) is 11.3. The molecule has 4 nitrogen and oxygen atoms in total. The second kappa shape index (κ2) is 8.89. The van der Waals surface area contributed by atoms with E-state index in [1.807, 2.05) is 61.5 Å². The third-order valence-electron chi connectivity index (χ3n) is 4.40. The standard InChI is InChI=1S/C24H17I2NO3/c1-14(2)13-29-22-19(25)9-15(10-20(22)26)11-21-24(28)30-23(27-21)18-8-7-16-5-3-4-6-17(16)12-18/h3-12H,1,13H2,2H3/b21-11-. The number of hydrogen-bond donors (Lipinski definition) is 0. The number of carbonyl (C=O) groups excluding carboxylic acids is 1. The highest BCUT2D eigenvalue weighted by atomic mass is 127. The fourth-order valence-corrected chi connectivity index (χ4v) is 5.14. The minimum atomic E-state index is -0.453. The maximum absolute atomic E-state index is 12.4. The molecule has 0 aliphatic carbocycles. The zero-order valence-electron chi connectivity index (χ0n) is 16.1. The summed E-state index contributed by atoms with van der Waals surface area (Å²) in [6.45, 7) is 6.26. The number of aliphatic imine (C=N–C) groups is 1. The largest absolute Gasteiger partial charge is 0.487 e. The Balaban J connectivity index is 1.64. The van der Waals surface area contributed by atoms with Gasteiger partial charge in [-0.15, -0.1) is 0 Å². The first-order valence-electron chi connectivity index (χ1n) is 9.18. The molecule has 6 heteroatoms. The Morgan fingerprint density at radius 2 is 1.80 bits per heavy atom. The molecule has 30 heavy (non-hydrogen) atoms. The highest BCUT2D eigenvalue weighted by molar-refractivity contribution is 14.1. The van der Waals surface area contributed by atoms with E-state index >= 15 is 0 Å². The minimum absolute atomic E-state index is 0.278. The molecule has 0 atom stereocenters. The first kappa shape index (κ1) is 21.0. The molecule has 0 saturated carbocycles. The van der Waals surface area contributed by atoms with Crippen molar-refractivity contribution in [2.24, 2.45) is 4.99 Å². The molecule has 0 N–H and O–H groups in total. The number of cyclic esters (lactones) is 1. The van der Waals surface area contributed by atoms with Crippen molar-refractivity contribution in [1.29, 1.82) is 0 Å². The van der Waals surface area contributed by atoms with Crippen molar-refractivity contribution in [1.82, 2.24) is 0 Å². The number of hydrogen-bond acceptors (Lipinski definition) is 4. The minimum Gasteiger partial charge on any atom is -0.487 e. The molecule has 150 valence electrons. The fraction of sp³-hybridized carbons (Fsp3) is 0.0833. The van der Waals surface area contributed by atoms with Gasteiger partial charge in [-0.3, -0.25) is 0 Å². The predicted octanol–water partition coefficient (Wildman–Crippen LogP) is 6.35. The van der Waals surface area contributed by atoms with E-state index in [2.05, 4.69) is 56.8 Å². The molecule has 3 aromatic carbocycles. The quantitative estimate of drug-likeness (QED) is 0.145. The number of benzene rings is 3. The third-order valence-corrected chi connectivity index (χ3v) is 6.01. The maximum atomic E-state index is 12.4. The van der Waals surface area contributed by atoms with Crippen LogP contribution < -0.4 is 4.74 Å². The number of rotatable bonds is 5. The molecule has 1 aliphatic rings. The Morgan fingerprint density at radius 3 is 2.50 bits per heavy atom. The van der Waals surface area contributed by atoms with Gasteiger partial charge in [0.25, 0.3) is 0 Å². The highest BCUT2D eigenvalue weighted by Gasteiger charge is 2.24. The SMILES string of the molecule is C=C(C)COc1c(I)cc(/C=C2\N=C(c3ccc4ccccc4c3)OC2=O)cc1I. The van der Waals surface area contributed by atoms with Gasteiger partial charge in [0.05, 0.1) is 7.14 Å². The van der Waals surface area contributed by atoms with Crippen LogP contribution in [0.3, 0.4) is 0 Å². The Kier molecular flexibility index (Phi) is 6.24. The first-order chi connectivity index (χ1) is 14.4. The van der Waals surface area contributed by atoms with Crippen LogP contribution in [-0.2, 0) is 9.53 Å². The second-order valence-corrected chi connectivity index (χ2v) is 9.28. The van der Waals surface area contributed by atoms with Gasteiger partial charge in [-0.05, 0) is 104 Å². The van der Waals surface area contributed by atoms with E-state index in [4.69, 9.17) is 9.47 Å². The van der Waals surface area contributed by atoms with Crippen LogP contribution in [0.4, 0.5) is 0 Å². The van der Waals surface area contributed by atoms with E-state index in [1.165, 1.54) is 0 Å². The van der Waals surface area contributed by atoms with Gasteiger partial charge in [-0.25, -0.2) is 9.79 Å². The van der Waals surface area contributed by atoms with Crippen molar-refractivity contribution in [3.8, 4) is 5.75 Å². The molecule has 0 fully saturated rings. The molecule has 0 aromatic heterocycles. The monoisotopic (exact) mass is 621 g/mol. The van der Waals surface area contributed by atoms with Crippen LogP contribution >= 0.6 is 45.2 Å². The molecule has 1 aliphatic heterocycles. The molecule has 4 rings (SSSR count). The molecule has 0 spiro atoms. The molecule has 0 amide bonds. The van der Waals surface area contributed by atoms with Crippen LogP contribution in [-0.4, -0.2) is 18.5 Å². The number of ether oxygens (including phenoxy) is 2. The van der Waals surface area contributed by atoms with Crippen molar-refractivity contribution in [3.63, 3.8) is 0 Å².